The first-order valence-corrected chi connectivity index (χ1v) is 8.51. The first-order valence-electron chi connectivity index (χ1n) is 8.51. The molecule has 0 amide bonds. The number of nitrogens with one attached hydrogen (secondary N) is 1. The Morgan fingerprint density at radius 2 is 1.70 bits per heavy atom. The average molecular weight is 360 g/mol. The van der Waals surface area contributed by atoms with Crippen LogP contribution in [0.4, 0.5) is 5.69 Å². The average Bonchev–Trinajstić information content (AvgIpc) is 2.93. The first-order chi connectivity index (χ1) is 12.9. The standard InChI is InChI=1S/C21H16N2O4/c1-11-17(12(2)24)18(13-7-9-14(10-8-13)23(26)27)19-20(22-11)15-5-3-4-6-16(15)21(19)25/h3-10,18,22H,1-2H3/t18-/m0/s1. The van der Waals surface area contributed by atoms with Gasteiger partial charge in [-0.3, -0.25) is 19.7 Å². The summed E-state index contributed by atoms with van der Waals surface area (Å²) in [6.45, 7) is 3.28. The van der Waals surface area contributed by atoms with Crippen LogP contribution in [0.25, 0.3) is 5.70 Å². The molecular formula is C21H16N2O4. The molecule has 0 aromatic heterocycles. The lowest BCUT2D eigenvalue weighted by Crippen LogP contribution is -2.27. The molecule has 0 bridgehead atoms. The summed E-state index contributed by atoms with van der Waals surface area (Å²) in [4.78, 5) is 36.0. The van der Waals surface area contributed by atoms with E-state index in [1.54, 1.807) is 18.2 Å². The molecule has 6 heteroatoms. The molecule has 2 aromatic carbocycles. The van der Waals surface area contributed by atoms with E-state index in [1.165, 1.54) is 19.1 Å². The molecule has 2 aromatic rings. The van der Waals surface area contributed by atoms with E-state index in [1.807, 2.05) is 25.1 Å². The van der Waals surface area contributed by atoms with Gasteiger partial charge >= 0.3 is 0 Å². The van der Waals surface area contributed by atoms with Crippen molar-refractivity contribution < 1.29 is 14.5 Å². The van der Waals surface area contributed by atoms with Gasteiger partial charge in [-0.1, -0.05) is 36.4 Å². The molecule has 1 heterocycles. The van der Waals surface area contributed by atoms with Crippen molar-refractivity contribution in [1.29, 1.82) is 0 Å². The lowest BCUT2D eigenvalue weighted by molar-refractivity contribution is -0.384. The third-order valence-electron chi connectivity index (χ3n) is 5.07. The fraction of sp³-hybridized carbons (Fsp3) is 0.143. The van der Waals surface area contributed by atoms with Crippen molar-refractivity contribution in [3.63, 3.8) is 0 Å². The molecule has 1 N–H and O–H groups in total. The number of nitrogens with zero attached hydrogens (tertiary/aromatic N) is 1. The highest BCUT2D eigenvalue weighted by atomic mass is 16.6. The molecule has 1 atom stereocenters. The van der Waals surface area contributed by atoms with Gasteiger partial charge in [0.1, 0.15) is 0 Å². The second-order valence-corrected chi connectivity index (χ2v) is 6.66. The summed E-state index contributed by atoms with van der Waals surface area (Å²) in [7, 11) is 0. The zero-order valence-corrected chi connectivity index (χ0v) is 14.8. The number of allylic oxidation sites excluding steroid dienone is 3. The lowest BCUT2D eigenvalue weighted by Gasteiger charge is -2.29. The number of carbonyl (C=O) groups excluding carboxylic acids is 2. The predicted octanol–water partition coefficient (Wildman–Crippen LogP) is 3.75. The maximum atomic E-state index is 13.1. The molecule has 134 valence electrons. The minimum absolute atomic E-state index is 0.0343. The van der Waals surface area contributed by atoms with Crippen molar-refractivity contribution in [2.24, 2.45) is 0 Å². The van der Waals surface area contributed by atoms with Gasteiger partial charge in [0.25, 0.3) is 5.69 Å². The van der Waals surface area contributed by atoms with Gasteiger partial charge in [0, 0.05) is 46.0 Å². The second-order valence-electron chi connectivity index (χ2n) is 6.66. The SMILES string of the molecule is CC(=O)C1=C(C)NC2=C(C(=O)c3ccccc32)[C@H]1c1ccc([N+](=O)[O-])cc1. The zero-order valence-electron chi connectivity index (χ0n) is 14.8. The minimum atomic E-state index is -0.556. The van der Waals surface area contributed by atoms with Crippen molar-refractivity contribution in [3.05, 3.63) is 92.2 Å². The van der Waals surface area contributed by atoms with E-state index < -0.39 is 10.8 Å². The Balaban J connectivity index is 1.92. The molecule has 0 unspecified atom stereocenters. The molecule has 2 aliphatic rings. The zero-order chi connectivity index (χ0) is 19.3. The van der Waals surface area contributed by atoms with Crippen LogP contribution in [-0.2, 0) is 4.79 Å². The summed E-state index contributed by atoms with van der Waals surface area (Å²) in [6, 6.07) is 13.4. The van der Waals surface area contributed by atoms with E-state index in [0.717, 1.165) is 5.56 Å². The monoisotopic (exact) mass is 360 g/mol. The molecule has 4 rings (SSSR count). The van der Waals surface area contributed by atoms with E-state index in [9.17, 15) is 19.7 Å². The third kappa shape index (κ3) is 2.49. The number of non-ortho nitro benzene ring substituents is 1. The fourth-order valence-corrected chi connectivity index (χ4v) is 3.92. The Bertz CT molecular complexity index is 1080. The number of carbonyl (C=O) groups is 2. The third-order valence-corrected chi connectivity index (χ3v) is 5.07. The topological polar surface area (TPSA) is 89.3 Å². The fourth-order valence-electron chi connectivity index (χ4n) is 3.92. The van der Waals surface area contributed by atoms with Gasteiger partial charge < -0.3 is 5.32 Å². The quantitative estimate of drug-likeness (QED) is 0.665. The predicted molar refractivity (Wildman–Crippen MR) is 100 cm³/mol. The molecule has 0 spiro atoms. The second kappa shape index (κ2) is 6.02. The summed E-state index contributed by atoms with van der Waals surface area (Å²) >= 11 is 0. The van der Waals surface area contributed by atoms with Crippen molar-refractivity contribution in [2.45, 2.75) is 19.8 Å². The normalized spacial score (nSPS) is 18.1. The van der Waals surface area contributed by atoms with Crippen molar-refractivity contribution in [2.75, 3.05) is 0 Å². The highest BCUT2D eigenvalue weighted by molar-refractivity contribution is 6.23. The number of Topliss-reactive ketones (excluding diaryl/α,β-unsaturated/α-hetero) is 2. The summed E-state index contributed by atoms with van der Waals surface area (Å²) in [6.07, 6.45) is 0. The Labute approximate surface area is 155 Å². The van der Waals surface area contributed by atoms with Crippen LogP contribution in [-0.4, -0.2) is 16.5 Å². The molecule has 27 heavy (non-hydrogen) atoms. The Morgan fingerprint density at radius 1 is 1.07 bits per heavy atom. The number of nitro groups is 1. The van der Waals surface area contributed by atoms with Gasteiger partial charge in [-0.25, -0.2) is 0 Å². The first kappa shape index (κ1) is 16.9. The number of rotatable bonds is 3. The van der Waals surface area contributed by atoms with E-state index >= 15 is 0 Å². The molecule has 1 aliphatic carbocycles. The largest absolute Gasteiger partial charge is 0.358 e. The highest BCUT2D eigenvalue weighted by Crippen LogP contribution is 2.46. The molecule has 0 fully saturated rings. The number of ketones is 2. The van der Waals surface area contributed by atoms with Gasteiger partial charge in [-0.15, -0.1) is 0 Å². The van der Waals surface area contributed by atoms with Gasteiger partial charge in [0.05, 0.1) is 10.6 Å². The summed E-state index contributed by atoms with van der Waals surface area (Å²) in [5, 5.41) is 14.2. The number of hydrogen-bond donors (Lipinski definition) is 1. The van der Waals surface area contributed by atoms with E-state index in [4.69, 9.17) is 0 Å². The van der Waals surface area contributed by atoms with E-state index in [2.05, 4.69) is 5.32 Å². The maximum absolute atomic E-state index is 13.1. The van der Waals surface area contributed by atoms with Crippen molar-refractivity contribution in [3.8, 4) is 0 Å². The van der Waals surface area contributed by atoms with Crippen LogP contribution in [0.1, 0.15) is 41.3 Å². The van der Waals surface area contributed by atoms with Crippen molar-refractivity contribution in [1.82, 2.24) is 5.32 Å². The molecule has 1 aliphatic heterocycles. The van der Waals surface area contributed by atoms with E-state index in [-0.39, 0.29) is 17.3 Å². The van der Waals surface area contributed by atoms with Crippen LogP contribution in [0.5, 0.6) is 0 Å². The number of dihydropyridines is 1. The molecule has 0 saturated carbocycles. The molecular weight excluding hydrogens is 344 g/mol. The number of benzene rings is 2. The van der Waals surface area contributed by atoms with Crippen LogP contribution >= 0.6 is 0 Å². The molecule has 0 radical (unpaired) electrons. The Hall–Kier alpha value is -3.54. The summed E-state index contributed by atoms with van der Waals surface area (Å²) in [5.41, 5.74) is 4.47. The van der Waals surface area contributed by atoms with Crippen LogP contribution in [0.3, 0.4) is 0 Å². The van der Waals surface area contributed by atoms with E-state index in [0.29, 0.717) is 33.7 Å². The van der Waals surface area contributed by atoms with Crippen LogP contribution < -0.4 is 5.32 Å². The van der Waals surface area contributed by atoms with Gasteiger partial charge in [0.15, 0.2) is 11.6 Å². The summed E-state index contributed by atoms with van der Waals surface area (Å²) < 4.78 is 0. The van der Waals surface area contributed by atoms with Gasteiger partial charge in [0.2, 0.25) is 0 Å². The maximum Gasteiger partial charge on any atom is 0.269 e. The van der Waals surface area contributed by atoms with Crippen LogP contribution in [0.2, 0.25) is 0 Å². The van der Waals surface area contributed by atoms with Crippen LogP contribution in [0, 0.1) is 10.1 Å². The van der Waals surface area contributed by atoms with Gasteiger partial charge in [-0.05, 0) is 19.4 Å². The van der Waals surface area contributed by atoms with Crippen LogP contribution in [0.15, 0.2) is 65.4 Å². The molecule has 6 nitrogen and oxygen atoms in total. The van der Waals surface area contributed by atoms with Crippen molar-refractivity contribution >= 4 is 23.0 Å². The smallest absolute Gasteiger partial charge is 0.269 e. The van der Waals surface area contributed by atoms with Gasteiger partial charge in [-0.2, -0.15) is 0 Å². The number of fused-ring (bicyclic) bond motifs is 2. The summed E-state index contributed by atoms with van der Waals surface area (Å²) in [5.74, 6) is -0.819. The minimum Gasteiger partial charge on any atom is -0.358 e. The lowest BCUT2D eigenvalue weighted by atomic mass is 9.78. The Kier molecular flexibility index (Phi) is 3.77. The number of nitro benzene ring substituents is 1. The Morgan fingerprint density at radius 3 is 2.30 bits per heavy atom. The highest BCUT2D eigenvalue weighted by Gasteiger charge is 2.41. The number of hydrogen-bond acceptors (Lipinski definition) is 5. The molecule has 0 saturated heterocycles.